The third-order valence-electron chi connectivity index (χ3n) is 5.61. The Hall–Kier alpha value is -3.88. The van der Waals surface area contributed by atoms with E-state index in [-0.39, 0.29) is 11.1 Å². The summed E-state index contributed by atoms with van der Waals surface area (Å²) in [6.07, 6.45) is -1.18. The fourth-order valence-corrected chi connectivity index (χ4v) is 4.08. The number of ketones is 1. The number of hydrogen-bond donors (Lipinski definition) is 2. The fraction of sp³-hybridized carbons (Fsp3) is 0.333. The van der Waals surface area contributed by atoms with E-state index in [1.807, 2.05) is 18.2 Å². The van der Waals surface area contributed by atoms with Crippen molar-refractivity contribution < 1.29 is 33.4 Å². The van der Waals surface area contributed by atoms with Crippen molar-refractivity contribution in [3.8, 4) is 0 Å². The topological polar surface area (TPSA) is 124 Å². The van der Waals surface area contributed by atoms with Crippen LogP contribution in [0.2, 0.25) is 0 Å². The van der Waals surface area contributed by atoms with Gasteiger partial charge in [-0.25, -0.2) is 9.59 Å². The molecule has 1 aromatic heterocycles. The Balaban J connectivity index is 1.97. The summed E-state index contributed by atoms with van der Waals surface area (Å²) in [5.41, 5.74) is 2.33. The zero-order chi connectivity index (χ0) is 24.4. The van der Waals surface area contributed by atoms with Gasteiger partial charge in [-0.3, -0.25) is 9.59 Å². The highest BCUT2D eigenvalue weighted by Gasteiger charge is 2.43. The van der Waals surface area contributed by atoms with Gasteiger partial charge in [0.05, 0.1) is 25.4 Å². The first-order valence-corrected chi connectivity index (χ1v) is 10.3. The second kappa shape index (κ2) is 9.32. The maximum absolute atomic E-state index is 13.3. The minimum Gasteiger partial charge on any atom is -0.466 e. The maximum atomic E-state index is 13.3. The van der Waals surface area contributed by atoms with Crippen LogP contribution in [0.5, 0.6) is 0 Å². The van der Waals surface area contributed by atoms with Gasteiger partial charge in [0.15, 0.2) is 6.10 Å². The number of carbonyl (C=O) groups excluding carboxylic acids is 4. The summed E-state index contributed by atoms with van der Waals surface area (Å²) in [5.74, 6) is -4.36. The van der Waals surface area contributed by atoms with Crippen LogP contribution < -0.4 is 5.32 Å². The Morgan fingerprint density at radius 1 is 0.909 bits per heavy atom. The number of carbonyl (C=O) groups is 4. The lowest BCUT2D eigenvalue weighted by Crippen LogP contribution is -2.39. The SMILES string of the molecule is COC(=O)C1=C(C)NC(C)=C(C(=O)OC)C1C(=O)OC(C)C(=O)c1c(C)[nH]c2ccccc12. The molecule has 2 heterocycles. The van der Waals surface area contributed by atoms with Crippen LogP contribution in [0.25, 0.3) is 10.9 Å². The van der Waals surface area contributed by atoms with Crippen molar-refractivity contribution in [2.24, 2.45) is 5.92 Å². The van der Waals surface area contributed by atoms with Crippen molar-refractivity contribution in [2.75, 3.05) is 14.2 Å². The smallest absolute Gasteiger partial charge is 0.336 e. The molecule has 0 saturated heterocycles. The molecule has 33 heavy (non-hydrogen) atoms. The number of fused-ring (bicyclic) bond motifs is 1. The van der Waals surface area contributed by atoms with Crippen LogP contribution in [0, 0.1) is 12.8 Å². The summed E-state index contributed by atoms with van der Waals surface area (Å²) in [4.78, 5) is 54.6. The third kappa shape index (κ3) is 4.26. The molecule has 0 amide bonds. The molecular formula is C24H26N2O7. The van der Waals surface area contributed by atoms with E-state index in [9.17, 15) is 19.2 Å². The first kappa shape index (κ1) is 23.8. The second-order valence-electron chi connectivity index (χ2n) is 7.73. The molecule has 0 saturated carbocycles. The zero-order valence-corrected chi connectivity index (χ0v) is 19.3. The van der Waals surface area contributed by atoms with Gasteiger partial charge in [-0.05, 0) is 33.8 Å². The molecule has 2 aromatic rings. The Morgan fingerprint density at radius 2 is 1.45 bits per heavy atom. The molecule has 1 aliphatic rings. The number of allylic oxidation sites excluding steroid dienone is 2. The molecule has 0 aliphatic carbocycles. The second-order valence-corrected chi connectivity index (χ2v) is 7.73. The lowest BCUT2D eigenvalue weighted by Gasteiger charge is -2.29. The van der Waals surface area contributed by atoms with Gasteiger partial charge in [0, 0.05) is 33.6 Å². The monoisotopic (exact) mass is 454 g/mol. The number of aromatic nitrogens is 1. The molecule has 0 bridgehead atoms. The predicted molar refractivity (Wildman–Crippen MR) is 119 cm³/mol. The number of ether oxygens (including phenoxy) is 3. The van der Waals surface area contributed by atoms with Gasteiger partial charge < -0.3 is 24.5 Å². The average molecular weight is 454 g/mol. The summed E-state index contributed by atoms with van der Waals surface area (Å²) >= 11 is 0. The number of benzene rings is 1. The highest BCUT2D eigenvalue weighted by molar-refractivity contribution is 6.12. The van der Waals surface area contributed by atoms with Gasteiger partial charge >= 0.3 is 17.9 Å². The van der Waals surface area contributed by atoms with E-state index in [0.29, 0.717) is 28.0 Å². The van der Waals surface area contributed by atoms with E-state index < -0.39 is 35.7 Å². The van der Waals surface area contributed by atoms with Gasteiger partial charge in [-0.2, -0.15) is 0 Å². The van der Waals surface area contributed by atoms with E-state index in [4.69, 9.17) is 14.2 Å². The number of hydrogen-bond acceptors (Lipinski definition) is 8. The number of methoxy groups -OCH3 is 2. The molecule has 3 rings (SSSR count). The Labute approximate surface area is 190 Å². The Bertz CT molecular complexity index is 1180. The van der Waals surface area contributed by atoms with Gasteiger partial charge in [-0.1, -0.05) is 18.2 Å². The zero-order valence-electron chi connectivity index (χ0n) is 19.3. The first-order chi connectivity index (χ1) is 15.6. The molecule has 0 radical (unpaired) electrons. The lowest BCUT2D eigenvalue weighted by atomic mass is 9.85. The van der Waals surface area contributed by atoms with Crippen LogP contribution in [0.15, 0.2) is 46.8 Å². The van der Waals surface area contributed by atoms with E-state index in [1.54, 1.807) is 26.8 Å². The van der Waals surface area contributed by atoms with E-state index in [2.05, 4.69) is 10.3 Å². The van der Waals surface area contributed by atoms with Gasteiger partial charge in [0.25, 0.3) is 0 Å². The number of dihydropyridines is 1. The maximum Gasteiger partial charge on any atom is 0.336 e. The van der Waals surface area contributed by atoms with E-state index >= 15 is 0 Å². The summed E-state index contributed by atoms with van der Waals surface area (Å²) in [5, 5.41) is 3.61. The number of nitrogens with one attached hydrogen (secondary N) is 2. The van der Waals surface area contributed by atoms with Crippen molar-refractivity contribution in [3.05, 3.63) is 58.1 Å². The highest BCUT2D eigenvalue weighted by Crippen LogP contribution is 2.33. The number of aryl methyl sites for hydroxylation is 1. The van der Waals surface area contributed by atoms with Crippen molar-refractivity contribution >= 4 is 34.6 Å². The van der Waals surface area contributed by atoms with Crippen molar-refractivity contribution in [3.63, 3.8) is 0 Å². The number of H-pyrrole nitrogens is 1. The van der Waals surface area contributed by atoms with Crippen LogP contribution in [0.3, 0.4) is 0 Å². The van der Waals surface area contributed by atoms with Gasteiger partial charge in [-0.15, -0.1) is 0 Å². The molecule has 1 aliphatic heterocycles. The number of esters is 3. The summed E-state index contributed by atoms with van der Waals surface area (Å²) < 4.78 is 15.2. The Kier molecular flexibility index (Phi) is 6.71. The van der Waals surface area contributed by atoms with Crippen molar-refractivity contribution in [1.29, 1.82) is 0 Å². The van der Waals surface area contributed by atoms with E-state index in [1.165, 1.54) is 21.1 Å². The van der Waals surface area contributed by atoms with Gasteiger partial charge in [0.1, 0.15) is 5.92 Å². The van der Waals surface area contributed by atoms with Crippen LogP contribution in [0.4, 0.5) is 0 Å². The molecule has 0 spiro atoms. The summed E-state index contributed by atoms with van der Waals surface area (Å²) in [7, 11) is 2.33. The highest BCUT2D eigenvalue weighted by atomic mass is 16.6. The molecule has 9 heteroatoms. The minimum atomic E-state index is -1.41. The summed E-state index contributed by atoms with van der Waals surface area (Å²) in [6.45, 7) is 6.37. The molecular weight excluding hydrogens is 428 g/mol. The quantitative estimate of drug-likeness (QED) is 0.388. The number of aromatic amines is 1. The predicted octanol–water partition coefficient (Wildman–Crippen LogP) is 2.70. The summed E-state index contributed by atoms with van der Waals surface area (Å²) in [6, 6.07) is 7.30. The average Bonchev–Trinajstić information content (AvgIpc) is 3.12. The number of para-hydroxylation sites is 1. The molecule has 1 unspecified atom stereocenters. The molecule has 2 N–H and O–H groups in total. The molecule has 9 nitrogen and oxygen atoms in total. The van der Waals surface area contributed by atoms with Crippen molar-refractivity contribution in [2.45, 2.75) is 33.8 Å². The largest absolute Gasteiger partial charge is 0.466 e. The minimum absolute atomic E-state index is 0.0866. The standard InChI is InChI=1S/C24H26N2O7/c1-11-17(15-9-7-8-10-16(15)26-11)21(27)14(4)33-24(30)20-18(22(28)31-5)12(2)25-13(3)19(20)23(29)32-6/h7-10,14,20,25-26H,1-6H3. The molecule has 0 fully saturated rings. The Morgan fingerprint density at radius 3 is 2.00 bits per heavy atom. The van der Waals surface area contributed by atoms with Crippen LogP contribution in [0.1, 0.15) is 36.8 Å². The normalized spacial score (nSPS) is 15.2. The number of Topliss-reactive ketones (excluding diaryl/α,β-unsaturated/α-hetero) is 1. The van der Waals surface area contributed by atoms with Gasteiger partial charge in [0.2, 0.25) is 5.78 Å². The fourth-order valence-electron chi connectivity index (χ4n) is 4.08. The van der Waals surface area contributed by atoms with Crippen LogP contribution in [-0.2, 0) is 28.6 Å². The molecule has 1 aromatic carbocycles. The van der Waals surface area contributed by atoms with E-state index in [0.717, 1.165) is 5.52 Å². The third-order valence-corrected chi connectivity index (χ3v) is 5.61. The molecule has 174 valence electrons. The lowest BCUT2D eigenvalue weighted by molar-refractivity contribution is -0.153. The van der Waals surface area contributed by atoms with Crippen LogP contribution >= 0.6 is 0 Å². The number of rotatable bonds is 6. The van der Waals surface area contributed by atoms with Crippen molar-refractivity contribution in [1.82, 2.24) is 10.3 Å². The molecule has 1 atom stereocenters. The first-order valence-electron chi connectivity index (χ1n) is 10.3. The van der Waals surface area contributed by atoms with Crippen LogP contribution in [-0.4, -0.2) is 49.0 Å².